The molecule has 1 saturated heterocycles. The Morgan fingerprint density at radius 3 is 2.69 bits per heavy atom. The average Bonchev–Trinajstić information content (AvgIpc) is 2.75. The van der Waals surface area contributed by atoms with Gasteiger partial charge >= 0.3 is 0 Å². The highest BCUT2D eigenvalue weighted by atomic mass is 16.5. The van der Waals surface area contributed by atoms with Crippen LogP contribution in [0, 0.1) is 0 Å². The first-order valence-electron chi connectivity index (χ1n) is 10.0. The van der Waals surface area contributed by atoms with Gasteiger partial charge in [-0.3, -0.25) is 4.79 Å². The van der Waals surface area contributed by atoms with Gasteiger partial charge in [-0.15, -0.1) is 0 Å². The molecule has 1 aromatic heterocycles. The van der Waals surface area contributed by atoms with E-state index in [1.807, 2.05) is 38.4 Å². The SMILES string of the molecule is CC1COCCN1c1nc(-c2ccc(NC=O)cc2)nc2c1CCNC2.CNC. The standard InChI is InChI=1S/C19H23N5O2.C2H7N/c1-13-11-26-9-8-24(13)19-16-6-7-20-10-17(16)22-18(23-19)14-2-4-15(5-3-14)21-12-25;1-3-2/h2-5,12-13,20H,6-11H2,1H3,(H,21,25);3H,1-2H3. The van der Waals surface area contributed by atoms with E-state index in [0.29, 0.717) is 12.5 Å². The van der Waals surface area contributed by atoms with Crippen LogP contribution in [0.3, 0.4) is 0 Å². The zero-order chi connectivity index (χ0) is 20.6. The Morgan fingerprint density at radius 2 is 2.00 bits per heavy atom. The summed E-state index contributed by atoms with van der Waals surface area (Å²) in [4.78, 5) is 22.7. The first kappa shape index (κ1) is 21.2. The van der Waals surface area contributed by atoms with Crippen LogP contribution in [0.2, 0.25) is 0 Å². The molecule has 0 saturated carbocycles. The summed E-state index contributed by atoms with van der Waals surface area (Å²) < 4.78 is 5.60. The van der Waals surface area contributed by atoms with Crippen LogP contribution in [0.1, 0.15) is 18.2 Å². The van der Waals surface area contributed by atoms with Crippen molar-refractivity contribution in [3.8, 4) is 11.4 Å². The van der Waals surface area contributed by atoms with Gasteiger partial charge < -0.3 is 25.6 Å². The first-order valence-corrected chi connectivity index (χ1v) is 10.0. The molecular formula is C21H30N6O2. The molecule has 2 aromatic rings. The lowest BCUT2D eigenvalue weighted by atomic mass is 10.0. The van der Waals surface area contributed by atoms with Crippen molar-refractivity contribution < 1.29 is 9.53 Å². The molecule has 4 rings (SSSR count). The molecule has 1 atom stereocenters. The second-order valence-electron chi connectivity index (χ2n) is 7.18. The Hall–Kier alpha value is -2.55. The van der Waals surface area contributed by atoms with Crippen molar-refractivity contribution in [3.63, 3.8) is 0 Å². The molecule has 2 aliphatic rings. The normalized spacial score (nSPS) is 18.3. The number of hydrogen-bond acceptors (Lipinski definition) is 7. The lowest BCUT2D eigenvalue weighted by molar-refractivity contribution is -0.105. The Balaban J connectivity index is 0.000000755. The molecule has 1 amide bonds. The number of hydrogen-bond donors (Lipinski definition) is 3. The maximum absolute atomic E-state index is 10.6. The number of morpholine rings is 1. The Morgan fingerprint density at radius 1 is 1.24 bits per heavy atom. The fourth-order valence-electron chi connectivity index (χ4n) is 3.53. The Kier molecular flexibility index (Phi) is 7.51. The number of fused-ring (bicyclic) bond motifs is 1. The predicted octanol–water partition coefficient (Wildman–Crippen LogP) is 1.42. The lowest BCUT2D eigenvalue weighted by Gasteiger charge is -2.36. The number of carbonyl (C=O) groups excluding carboxylic acids is 1. The van der Waals surface area contributed by atoms with Crippen LogP contribution in [-0.2, 0) is 22.5 Å². The highest BCUT2D eigenvalue weighted by Crippen LogP contribution is 2.30. The van der Waals surface area contributed by atoms with Crippen molar-refractivity contribution >= 4 is 17.9 Å². The van der Waals surface area contributed by atoms with E-state index in [9.17, 15) is 4.79 Å². The summed E-state index contributed by atoms with van der Waals surface area (Å²) >= 11 is 0. The van der Waals surface area contributed by atoms with E-state index >= 15 is 0 Å². The highest BCUT2D eigenvalue weighted by Gasteiger charge is 2.26. The van der Waals surface area contributed by atoms with E-state index in [2.05, 4.69) is 27.8 Å². The molecule has 29 heavy (non-hydrogen) atoms. The molecule has 3 N–H and O–H groups in total. The van der Waals surface area contributed by atoms with Crippen molar-refractivity contribution in [1.82, 2.24) is 20.6 Å². The third kappa shape index (κ3) is 5.09. The van der Waals surface area contributed by atoms with E-state index in [4.69, 9.17) is 14.7 Å². The molecular weight excluding hydrogens is 368 g/mol. The van der Waals surface area contributed by atoms with Gasteiger partial charge in [0.25, 0.3) is 0 Å². The number of amides is 1. The minimum absolute atomic E-state index is 0.296. The summed E-state index contributed by atoms with van der Waals surface area (Å²) in [6.45, 7) is 6.18. The van der Waals surface area contributed by atoms with Crippen molar-refractivity contribution in [3.05, 3.63) is 35.5 Å². The highest BCUT2D eigenvalue weighted by molar-refractivity contribution is 5.73. The van der Waals surface area contributed by atoms with E-state index in [1.54, 1.807) is 0 Å². The third-order valence-corrected chi connectivity index (χ3v) is 4.92. The molecule has 1 unspecified atom stereocenters. The molecule has 8 nitrogen and oxygen atoms in total. The average molecular weight is 399 g/mol. The van der Waals surface area contributed by atoms with Gasteiger partial charge in [0.15, 0.2) is 5.82 Å². The molecule has 0 aliphatic carbocycles. The zero-order valence-corrected chi connectivity index (χ0v) is 17.4. The second kappa shape index (κ2) is 10.3. The maximum Gasteiger partial charge on any atom is 0.211 e. The van der Waals surface area contributed by atoms with E-state index in [0.717, 1.165) is 67.9 Å². The second-order valence-corrected chi connectivity index (χ2v) is 7.18. The number of rotatable bonds is 4. The summed E-state index contributed by atoms with van der Waals surface area (Å²) in [5.41, 5.74) is 4.02. The van der Waals surface area contributed by atoms with Crippen LogP contribution in [-0.4, -0.2) is 62.8 Å². The number of nitrogens with zero attached hydrogens (tertiary/aromatic N) is 3. The number of ether oxygens (including phenoxy) is 1. The quantitative estimate of drug-likeness (QED) is 0.671. The van der Waals surface area contributed by atoms with Gasteiger partial charge in [-0.1, -0.05) is 0 Å². The van der Waals surface area contributed by atoms with Gasteiger partial charge in [-0.2, -0.15) is 0 Å². The minimum atomic E-state index is 0.296. The summed E-state index contributed by atoms with van der Waals surface area (Å²) in [6.07, 6.45) is 1.62. The largest absolute Gasteiger partial charge is 0.377 e. The van der Waals surface area contributed by atoms with E-state index < -0.39 is 0 Å². The Bertz CT molecular complexity index is 812. The van der Waals surface area contributed by atoms with Crippen molar-refractivity contribution in [2.75, 3.05) is 50.6 Å². The van der Waals surface area contributed by atoms with Crippen LogP contribution in [0.4, 0.5) is 11.5 Å². The lowest BCUT2D eigenvalue weighted by Crippen LogP contribution is -2.45. The van der Waals surface area contributed by atoms with Crippen LogP contribution in [0.25, 0.3) is 11.4 Å². The monoisotopic (exact) mass is 398 g/mol. The van der Waals surface area contributed by atoms with Gasteiger partial charge in [-0.05, 0) is 58.3 Å². The molecule has 2 aliphatic heterocycles. The number of carbonyl (C=O) groups is 1. The number of benzene rings is 1. The van der Waals surface area contributed by atoms with E-state index in [1.165, 1.54) is 5.56 Å². The molecule has 3 heterocycles. The molecule has 8 heteroatoms. The molecule has 0 spiro atoms. The zero-order valence-electron chi connectivity index (χ0n) is 17.4. The fraction of sp³-hybridized carbons (Fsp3) is 0.476. The Labute approximate surface area is 172 Å². The van der Waals surface area contributed by atoms with Gasteiger partial charge in [0, 0.05) is 29.9 Å². The maximum atomic E-state index is 10.6. The molecule has 156 valence electrons. The molecule has 0 radical (unpaired) electrons. The molecule has 1 aromatic carbocycles. The van der Waals surface area contributed by atoms with Crippen molar-refractivity contribution in [1.29, 1.82) is 0 Å². The van der Waals surface area contributed by atoms with Crippen LogP contribution < -0.4 is 20.9 Å². The van der Waals surface area contributed by atoms with Crippen molar-refractivity contribution in [2.45, 2.75) is 25.9 Å². The van der Waals surface area contributed by atoms with Crippen molar-refractivity contribution in [2.24, 2.45) is 0 Å². The molecule has 1 fully saturated rings. The van der Waals surface area contributed by atoms with E-state index in [-0.39, 0.29) is 0 Å². The fourth-order valence-corrected chi connectivity index (χ4v) is 3.53. The summed E-state index contributed by atoms with van der Waals surface area (Å²) in [7, 11) is 3.75. The summed E-state index contributed by atoms with van der Waals surface area (Å²) in [6, 6.07) is 7.90. The van der Waals surface area contributed by atoms with Crippen LogP contribution >= 0.6 is 0 Å². The van der Waals surface area contributed by atoms with Gasteiger partial charge in [0.1, 0.15) is 5.82 Å². The first-order chi connectivity index (χ1) is 14.2. The van der Waals surface area contributed by atoms with Crippen LogP contribution in [0.15, 0.2) is 24.3 Å². The van der Waals surface area contributed by atoms with Gasteiger partial charge in [0.2, 0.25) is 6.41 Å². The van der Waals surface area contributed by atoms with Crippen LogP contribution in [0.5, 0.6) is 0 Å². The number of aromatic nitrogens is 2. The van der Waals surface area contributed by atoms with Gasteiger partial charge in [-0.25, -0.2) is 9.97 Å². The molecule has 0 bridgehead atoms. The predicted molar refractivity (Wildman–Crippen MR) is 115 cm³/mol. The summed E-state index contributed by atoms with van der Waals surface area (Å²) in [5.74, 6) is 1.76. The van der Waals surface area contributed by atoms with Gasteiger partial charge in [0.05, 0.1) is 24.9 Å². The number of anilines is 2. The smallest absolute Gasteiger partial charge is 0.211 e. The third-order valence-electron chi connectivity index (χ3n) is 4.92. The summed E-state index contributed by atoms with van der Waals surface area (Å²) in [5, 5.41) is 8.81. The minimum Gasteiger partial charge on any atom is -0.377 e. The topological polar surface area (TPSA) is 91.4 Å². The number of nitrogens with one attached hydrogen (secondary N) is 3.